The minimum Gasteiger partial charge on any atom is -0.459 e. The van der Waals surface area contributed by atoms with Crippen molar-refractivity contribution in [1.82, 2.24) is 9.80 Å². The van der Waals surface area contributed by atoms with Crippen LogP contribution in [-0.4, -0.2) is 70.8 Å². The number of hydrogen-bond donors (Lipinski definition) is 0. The number of ether oxygens (including phenoxy) is 2. The van der Waals surface area contributed by atoms with Crippen molar-refractivity contribution in [1.29, 1.82) is 0 Å². The molecule has 1 heterocycles. The van der Waals surface area contributed by atoms with Crippen LogP contribution in [0.4, 0.5) is 0 Å². The van der Waals surface area contributed by atoms with Crippen LogP contribution in [0.25, 0.3) is 0 Å². The first-order chi connectivity index (χ1) is 20.9. The summed E-state index contributed by atoms with van der Waals surface area (Å²) >= 11 is 0. The van der Waals surface area contributed by atoms with Crippen LogP contribution in [0.1, 0.15) is 184 Å². The van der Waals surface area contributed by atoms with Crippen molar-refractivity contribution < 1.29 is 14.3 Å². The summed E-state index contributed by atoms with van der Waals surface area (Å²) in [6.45, 7) is 55.1. The fourth-order valence-corrected chi connectivity index (χ4v) is 8.95. The van der Waals surface area contributed by atoms with Gasteiger partial charge in [0.05, 0.1) is 11.0 Å². The van der Waals surface area contributed by atoms with Crippen molar-refractivity contribution in [2.75, 3.05) is 32.8 Å². The van der Waals surface area contributed by atoms with E-state index in [0.29, 0.717) is 12.0 Å². The number of carbonyl (C=O) groups excluding carboxylic acids is 1. The van der Waals surface area contributed by atoms with Gasteiger partial charge in [0.2, 0.25) is 0 Å². The van der Waals surface area contributed by atoms with Gasteiger partial charge in [-0.3, -0.25) is 14.6 Å². The molecule has 0 aliphatic carbocycles. The summed E-state index contributed by atoms with van der Waals surface area (Å²) in [5.41, 5.74) is -0.820. The molecule has 1 aliphatic heterocycles. The van der Waals surface area contributed by atoms with E-state index in [1.807, 2.05) is 0 Å². The van der Waals surface area contributed by atoms with Crippen molar-refractivity contribution in [2.45, 2.75) is 207 Å². The van der Waals surface area contributed by atoms with E-state index in [1.54, 1.807) is 0 Å². The van der Waals surface area contributed by atoms with Crippen molar-refractivity contribution in [3.63, 3.8) is 0 Å². The molecule has 1 saturated heterocycles. The van der Waals surface area contributed by atoms with Gasteiger partial charge in [-0.25, -0.2) is 0 Å². The fourth-order valence-electron chi connectivity index (χ4n) is 8.95. The predicted octanol–water partition coefficient (Wildman–Crippen LogP) is 11.4. The quantitative estimate of drug-likeness (QED) is 0.152. The number of hydrogen-bond acceptors (Lipinski definition) is 5. The van der Waals surface area contributed by atoms with Gasteiger partial charge in [-0.2, -0.15) is 0 Å². The van der Waals surface area contributed by atoms with Gasteiger partial charge in [0.15, 0.2) is 0 Å². The van der Waals surface area contributed by atoms with Crippen LogP contribution in [-0.2, 0) is 14.3 Å². The third-order valence-corrected chi connectivity index (χ3v) is 12.2. The van der Waals surface area contributed by atoms with E-state index in [-0.39, 0.29) is 44.3 Å². The Morgan fingerprint density at radius 2 is 0.896 bits per heavy atom. The van der Waals surface area contributed by atoms with Crippen molar-refractivity contribution in [2.24, 2.45) is 32.5 Å². The average Bonchev–Trinajstić information content (AvgIpc) is 2.79. The monoisotopic (exact) mass is 679 g/mol. The molecule has 1 aliphatic rings. The van der Waals surface area contributed by atoms with Crippen LogP contribution >= 0.6 is 0 Å². The van der Waals surface area contributed by atoms with Gasteiger partial charge in [-0.15, -0.1) is 0 Å². The SMILES string of the molecule is CC(C)(C)CC(C)(C)N1CCN(C(C)(C)CC(C)(C)C(=O)OC(C)(C)CC(C)(C)C(C)(C)CCOC(C)(C)C(C)(C)CC(C)(C)C)CC1. The Kier molecular flexibility index (Phi) is 14.0. The van der Waals surface area contributed by atoms with Crippen LogP contribution in [0, 0.1) is 32.5 Å². The van der Waals surface area contributed by atoms with Crippen LogP contribution in [0.5, 0.6) is 0 Å². The highest BCUT2D eigenvalue weighted by Crippen LogP contribution is 2.49. The molecule has 5 nitrogen and oxygen atoms in total. The Hall–Kier alpha value is -0.650. The van der Waals surface area contributed by atoms with E-state index < -0.39 is 11.0 Å². The molecule has 0 unspecified atom stereocenters. The molecule has 0 atom stereocenters. The third-order valence-electron chi connectivity index (χ3n) is 12.2. The summed E-state index contributed by atoms with van der Waals surface area (Å²) < 4.78 is 13.1. The number of carbonyl (C=O) groups is 1. The van der Waals surface area contributed by atoms with E-state index >= 15 is 0 Å². The summed E-state index contributed by atoms with van der Waals surface area (Å²) in [4.78, 5) is 19.2. The molecule has 5 heteroatoms. The molecular formula is C43H86N2O3. The maximum Gasteiger partial charge on any atom is 0.312 e. The molecular weight excluding hydrogens is 592 g/mol. The van der Waals surface area contributed by atoms with Crippen molar-refractivity contribution in [3.8, 4) is 0 Å². The highest BCUT2D eigenvalue weighted by Gasteiger charge is 2.47. The number of piperazine rings is 1. The molecule has 0 aromatic heterocycles. The summed E-state index contributed by atoms with van der Waals surface area (Å²) in [6, 6.07) is 0. The molecule has 286 valence electrons. The number of nitrogens with zero attached hydrogens (tertiary/aromatic N) is 2. The highest BCUT2D eigenvalue weighted by molar-refractivity contribution is 5.76. The predicted molar refractivity (Wildman–Crippen MR) is 209 cm³/mol. The zero-order valence-electron chi connectivity index (χ0n) is 36.7. The first-order valence-electron chi connectivity index (χ1n) is 19.2. The van der Waals surface area contributed by atoms with Gasteiger partial charge in [0, 0.05) is 43.9 Å². The molecule has 0 saturated carbocycles. The third kappa shape index (κ3) is 13.2. The van der Waals surface area contributed by atoms with Gasteiger partial charge in [0.1, 0.15) is 5.60 Å². The lowest BCUT2D eigenvalue weighted by Crippen LogP contribution is -2.60. The summed E-state index contributed by atoms with van der Waals surface area (Å²) in [6.07, 6.45) is 4.76. The van der Waals surface area contributed by atoms with Crippen LogP contribution in [0.15, 0.2) is 0 Å². The lowest BCUT2D eigenvalue weighted by atomic mass is 9.62. The van der Waals surface area contributed by atoms with Gasteiger partial charge in [-0.1, -0.05) is 83.1 Å². The van der Waals surface area contributed by atoms with Crippen LogP contribution in [0.2, 0.25) is 0 Å². The van der Waals surface area contributed by atoms with Crippen LogP contribution < -0.4 is 0 Å². The Labute approximate surface area is 301 Å². The molecule has 0 amide bonds. The van der Waals surface area contributed by atoms with Crippen LogP contribution in [0.3, 0.4) is 0 Å². The maximum absolute atomic E-state index is 13.9. The molecule has 0 aromatic carbocycles. The lowest BCUT2D eigenvalue weighted by molar-refractivity contribution is -0.174. The summed E-state index contributed by atoms with van der Waals surface area (Å²) in [7, 11) is 0. The molecule has 0 aromatic rings. The molecule has 0 N–H and O–H groups in total. The topological polar surface area (TPSA) is 42.0 Å². The molecule has 1 fully saturated rings. The molecule has 48 heavy (non-hydrogen) atoms. The standard InChI is InChI=1S/C43H86N2O3/c1-34(2,3)29-39(13,14)43(21,22)47-28-23-37(9,10)38(11,12)32-42(19,20)48-33(46)36(7,8)31-41(17,18)45-26-24-44(25-27-45)40(15,16)30-35(4,5)6/h23-32H2,1-22H3. The Bertz CT molecular complexity index is 1040. The lowest BCUT2D eigenvalue weighted by Gasteiger charge is -2.51. The van der Waals surface area contributed by atoms with Gasteiger partial charge in [0.25, 0.3) is 0 Å². The molecule has 0 bridgehead atoms. The van der Waals surface area contributed by atoms with Gasteiger partial charge >= 0.3 is 5.97 Å². The minimum absolute atomic E-state index is 0.0119. The molecule has 1 rings (SSSR count). The summed E-state index contributed by atoms with van der Waals surface area (Å²) in [5, 5.41) is 0. The van der Waals surface area contributed by atoms with E-state index in [4.69, 9.17) is 9.47 Å². The highest BCUT2D eigenvalue weighted by atomic mass is 16.6. The van der Waals surface area contributed by atoms with E-state index in [0.717, 1.165) is 51.9 Å². The Balaban J connectivity index is 2.86. The Morgan fingerprint density at radius 1 is 0.500 bits per heavy atom. The van der Waals surface area contributed by atoms with E-state index in [1.165, 1.54) is 6.42 Å². The minimum atomic E-state index is -0.595. The largest absolute Gasteiger partial charge is 0.459 e. The second-order valence-corrected chi connectivity index (χ2v) is 23.2. The average molecular weight is 679 g/mol. The van der Waals surface area contributed by atoms with E-state index in [9.17, 15) is 4.79 Å². The van der Waals surface area contributed by atoms with Gasteiger partial charge < -0.3 is 9.47 Å². The number of rotatable bonds is 16. The zero-order chi connectivity index (χ0) is 38.2. The van der Waals surface area contributed by atoms with Gasteiger partial charge in [-0.05, 0) is 128 Å². The second kappa shape index (κ2) is 14.8. The number of esters is 1. The summed E-state index contributed by atoms with van der Waals surface area (Å²) in [5.74, 6) is -0.0923. The first-order valence-corrected chi connectivity index (χ1v) is 19.2. The molecule has 0 radical (unpaired) electrons. The fraction of sp³-hybridized carbons (Fsp3) is 0.977. The first kappa shape index (κ1) is 45.4. The second-order valence-electron chi connectivity index (χ2n) is 23.2. The molecule has 0 spiro atoms. The normalized spacial score (nSPS) is 18.0. The van der Waals surface area contributed by atoms with Crippen molar-refractivity contribution in [3.05, 3.63) is 0 Å². The van der Waals surface area contributed by atoms with E-state index in [2.05, 4.69) is 162 Å². The zero-order valence-corrected chi connectivity index (χ0v) is 36.7. The van der Waals surface area contributed by atoms with Crippen molar-refractivity contribution >= 4 is 5.97 Å². The Morgan fingerprint density at radius 3 is 1.29 bits per heavy atom. The smallest absolute Gasteiger partial charge is 0.312 e. The maximum atomic E-state index is 13.9.